The van der Waals surface area contributed by atoms with Crippen LogP contribution in [-0.2, 0) is 0 Å². The normalized spacial score (nSPS) is 38.2. The third kappa shape index (κ3) is 1.63. The van der Waals surface area contributed by atoms with Crippen LogP contribution >= 0.6 is 15.9 Å². The summed E-state index contributed by atoms with van der Waals surface area (Å²) in [5, 5.41) is 0. The van der Waals surface area contributed by atoms with E-state index in [1.807, 2.05) is 0 Å². The molecule has 0 aromatic heterocycles. The van der Waals surface area contributed by atoms with Crippen LogP contribution in [0.5, 0.6) is 0 Å². The maximum absolute atomic E-state index is 3.90. The summed E-state index contributed by atoms with van der Waals surface area (Å²) in [6.45, 7) is 9.50. The summed E-state index contributed by atoms with van der Waals surface area (Å²) >= 11 is 3.90. The van der Waals surface area contributed by atoms with Gasteiger partial charge in [-0.2, -0.15) is 0 Å². The fourth-order valence-corrected chi connectivity index (χ4v) is 4.11. The number of hydrogen-bond donors (Lipinski definition) is 0. The van der Waals surface area contributed by atoms with Crippen molar-refractivity contribution in [2.75, 3.05) is 0 Å². The lowest BCUT2D eigenvalue weighted by Crippen LogP contribution is -2.47. The minimum absolute atomic E-state index is 0.364. The van der Waals surface area contributed by atoms with Crippen LogP contribution in [0.25, 0.3) is 0 Å². The Bertz CT molecular complexity index is 348. The van der Waals surface area contributed by atoms with Gasteiger partial charge in [-0.3, -0.25) is 0 Å². The Balaban J connectivity index is 2.43. The second-order valence-electron chi connectivity index (χ2n) is 6.15. The molecule has 2 aliphatic rings. The molecular weight excluding hydrogens is 260 g/mol. The molecule has 16 heavy (non-hydrogen) atoms. The quantitative estimate of drug-likeness (QED) is 0.421. The highest BCUT2D eigenvalue weighted by Crippen LogP contribution is 2.59. The SMILES string of the molecule is CC1=CC[C@]2(CC1)C(C)=CC[C@@H](Br)C2(C)C. The van der Waals surface area contributed by atoms with Crippen molar-refractivity contribution in [3.63, 3.8) is 0 Å². The standard InChI is InChI=1S/C15H23Br/c1-11-7-9-15(10-8-11)12(2)5-6-13(16)14(15,3)4/h5,7,13H,6,8-10H2,1-4H3/t13-,15+/m1/s1. The molecule has 0 saturated carbocycles. The van der Waals surface area contributed by atoms with Crippen LogP contribution in [-0.4, -0.2) is 4.83 Å². The van der Waals surface area contributed by atoms with E-state index in [0.717, 1.165) is 0 Å². The summed E-state index contributed by atoms with van der Waals surface area (Å²) in [5.41, 5.74) is 3.96. The summed E-state index contributed by atoms with van der Waals surface area (Å²) in [7, 11) is 0. The molecule has 1 heteroatoms. The van der Waals surface area contributed by atoms with Crippen LogP contribution in [0.4, 0.5) is 0 Å². The zero-order chi connectivity index (χ0) is 12.0. The maximum Gasteiger partial charge on any atom is 0.0240 e. The van der Waals surface area contributed by atoms with Gasteiger partial charge in [0.1, 0.15) is 0 Å². The van der Waals surface area contributed by atoms with Crippen molar-refractivity contribution < 1.29 is 0 Å². The minimum Gasteiger partial charge on any atom is -0.0881 e. The van der Waals surface area contributed by atoms with E-state index in [9.17, 15) is 0 Å². The van der Waals surface area contributed by atoms with Gasteiger partial charge in [0.05, 0.1) is 0 Å². The van der Waals surface area contributed by atoms with Gasteiger partial charge >= 0.3 is 0 Å². The van der Waals surface area contributed by atoms with Crippen molar-refractivity contribution in [3.05, 3.63) is 23.3 Å². The first-order valence-corrected chi connectivity index (χ1v) is 7.29. The lowest BCUT2D eigenvalue weighted by atomic mass is 9.52. The number of allylic oxidation sites excluding steroid dienone is 4. The van der Waals surface area contributed by atoms with Crippen LogP contribution in [0.3, 0.4) is 0 Å². The topological polar surface area (TPSA) is 0 Å². The summed E-state index contributed by atoms with van der Waals surface area (Å²) < 4.78 is 0. The van der Waals surface area contributed by atoms with Crippen LogP contribution < -0.4 is 0 Å². The predicted octanol–water partition coefficient (Wildman–Crippen LogP) is 5.24. The van der Waals surface area contributed by atoms with Gasteiger partial charge in [-0.15, -0.1) is 0 Å². The molecule has 0 saturated heterocycles. The van der Waals surface area contributed by atoms with Crippen molar-refractivity contribution >= 4 is 15.9 Å². The number of alkyl halides is 1. The van der Waals surface area contributed by atoms with Crippen LogP contribution in [0.1, 0.15) is 53.4 Å². The molecule has 0 aromatic rings. The fourth-order valence-electron chi connectivity index (χ4n) is 3.48. The minimum atomic E-state index is 0.364. The lowest BCUT2D eigenvalue weighted by Gasteiger charge is -2.54. The first-order chi connectivity index (χ1) is 7.40. The molecule has 0 aromatic carbocycles. The molecule has 0 N–H and O–H groups in total. The smallest absolute Gasteiger partial charge is 0.0240 e. The zero-order valence-electron chi connectivity index (χ0n) is 10.9. The Hall–Kier alpha value is -0.0400. The number of halogens is 1. The summed E-state index contributed by atoms with van der Waals surface area (Å²) in [6, 6.07) is 0. The van der Waals surface area contributed by atoms with Crippen LogP contribution in [0.2, 0.25) is 0 Å². The number of rotatable bonds is 0. The van der Waals surface area contributed by atoms with Crippen LogP contribution in [0, 0.1) is 10.8 Å². The Morgan fingerprint density at radius 1 is 1.25 bits per heavy atom. The maximum atomic E-state index is 3.90. The summed E-state index contributed by atoms with van der Waals surface area (Å²) in [6.07, 6.45) is 9.94. The van der Waals surface area contributed by atoms with E-state index in [0.29, 0.717) is 15.7 Å². The van der Waals surface area contributed by atoms with Gasteiger partial charge in [0.2, 0.25) is 0 Å². The van der Waals surface area contributed by atoms with E-state index in [4.69, 9.17) is 0 Å². The second-order valence-corrected chi connectivity index (χ2v) is 7.25. The molecule has 0 bridgehead atoms. The van der Waals surface area contributed by atoms with Crippen molar-refractivity contribution in [2.24, 2.45) is 10.8 Å². The average molecular weight is 283 g/mol. The Labute approximate surface area is 108 Å². The Kier molecular flexibility index (Phi) is 3.11. The van der Waals surface area contributed by atoms with Crippen molar-refractivity contribution in [3.8, 4) is 0 Å². The molecule has 2 rings (SSSR count). The van der Waals surface area contributed by atoms with Crippen LogP contribution in [0.15, 0.2) is 23.3 Å². The molecule has 2 aliphatic carbocycles. The van der Waals surface area contributed by atoms with Gasteiger partial charge in [-0.05, 0) is 44.9 Å². The highest BCUT2D eigenvalue weighted by Gasteiger charge is 2.51. The van der Waals surface area contributed by atoms with Gasteiger partial charge in [0.25, 0.3) is 0 Å². The van der Waals surface area contributed by atoms with Gasteiger partial charge in [0.15, 0.2) is 0 Å². The van der Waals surface area contributed by atoms with E-state index < -0.39 is 0 Å². The van der Waals surface area contributed by atoms with Gasteiger partial charge in [0, 0.05) is 10.2 Å². The van der Waals surface area contributed by atoms with E-state index in [2.05, 4.69) is 55.8 Å². The van der Waals surface area contributed by atoms with E-state index in [1.165, 1.54) is 25.7 Å². The first-order valence-electron chi connectivity index (χ1n) is 6.37. The van der Waals surface area contributed by atoms with Gasteiger partial charge in [-0.1, -0.05) is 53.1 Å². The molecule has 0 aliphatic heterocycles. The lowest BCUT2D eigenvalue weighted by molar-refractivity contribution is 0.0835. The third-order valence-electron chi connectivity index (χ3n) is 5.15. The summed E-state index contributed by atoms with van der Waals surface area (Å²) in [4.78, 5) is 0.621. The Morgan fingerprint density at radius 2 is 1.94 bits per heavy atom. The summed E-state index contributed by atoms with van der Waals surface area (Å²) in [5.74, 6) is 0. The van der Waals surface area contributed by atoms with Gasteiger partial charge in [-0.25, -0.2) is 0 Å². The second kappa shape index (κ2) is 4.01. The molecule has 0 heterocycles. The van der Waals surface area contributed by atoms with Crippen molar-refractivity contribution in [2.45, 2.75) is 58.2 Å². The van der Waals surface area contributed by atoms with E-state index in [-0.39, 0.29) is 0 Å². The molecule has 2 atom stereocenters. The highest BCUT2D eigenvalue weighted by molar-refractivity contribution is 9.09. The average Bonchev–Trinajstić information content (AvgIpc) is 2.24. The molecule has 0 radical (unpaired) electrons. The first kappa shape index (κ1) is 12.4. The molecule has 0 unspecified atom stereocenters. The predicted molar refractivity (Wildman–Crippen MR) is 74.9 cm³/mol. The highest BCUT2D eigenvalue weighted by atomic mass is 79.9. The molecule has 0 fully saturated rings. The largest absolute Gasteiger partial charge is 0.0881 e. The number of hydrogen-bond acceptors (Lipinski definition) is 0. The third-order valence-corrected chi connectivity index (χ3v) is 6.67. The van der Waals surface area contributed by atoms with Crippen molar-refractivity contribution in [1.82, 2.24) is 0 Å². The van der Waals surface area contributed by atoms with Crippen molar-refractivity contribution in [1.29, 1.82) is 0 Å². The zero-order valence-corrected chi connectivity index (χ0v) is 12.5. The fraction of sp³-hybridized carbons (Fsp3) is 0.733. The molecule has 0 amide bonds. The van der Waals surface area contributed by atoms with E-state index in [1.54, 1.807) is 11.1 Å². The molecule has 1 spiro atoms. The molecular formula is C15H23Br. The molecule has 0 nitrogen and oxygen atoms in total. The molecule has 90 valence electrons. The van der Waals surface area contributed by atoms with E-state index >= 15 is 0 Å². The van der Waals surface area contributed by atoms with Gasteiger partial charge < -0.3 is 0 Å². The monoisotopic (exact) mass is 282 g/mol. The Morgan fingerprint density at radius 3 is 2.50 bits per heavy atom.